The first-order valence-electron chi connectivity index (χ1n) is 11.7. The normalized spacial score (nSPS) is 21.1. The Kier molecular flexibility index (Phi) is 10.6. The summed E-state index contributed by atoms with van der Waals surface area (Å²) in [6.45, 7) is 11.9. The van der Waals surface area contributed by atoms with Gasteiger partial charge in [0, 0.05) is 45.8 Å². The van der Waals surface area contributed by atoms with Crippen LogP contribution in [0, 0.1) is 5.92 Å². The zero-order valence-electron chi connectivity index (χ0n) is 20.6. The van der Waals surface area contributed by atoms with Gasteiger partial charge in [-0.1, -0.05) is 0 Å². The molecule has 1 aromatic heterocycles. The summed E-state index contributed by atoms with van der Waals surface area (Å²) in [6, 6.07) is 0.238. The van der Waals surface area contributed by atoms with E-state index in [1.54, 1.807) is 7.11 Å². The van der Waals surface area contributed by atoms with Gasteiger partial charge in [0.1, 0.15) is 18.0 Å². The lowest BCUT2D eigenvalue weighted by Gasteiger charge is -2.33. The summed E-state index contributed by atoms with van der Waals surface area (Å²) in [5, 5.41) is 11.5. The molecule has 11 heteroatoms. The number of methoxy groups -OCH3 is 1. The van der Waals surface area contributed by atoms with Crippen LogP contribution in [0.3, 0.4) is 0 Å². The first-order chi connectivity index (χ1) is 15.3. The Morgan fingerprint density at radius 1 is 1.27 bits per heavy atom. The van der Waals surface area contributed by atoms with Gasteiger partial charge >= 0.3 is 6.09 Å². The van der Waals surface area contributed by atoms with Crippen LogP contribution in [0.4, 0.5) is 4.79 Å². The first kappa shape index (κ1) is 27.6. The van der Waals surface area contributed by atoms with Crippen molar-refractivity contribution in [2.24, 2.45) is 10.9 Å². The lowest BCUT2D eigenvalue weighted by atomic mass is 9.98. The minimum atomic E-state index is -0.474. The number of rotatable bonds is 6. The molecule has 0 spiro atoms. The van der Waals surface area contributed by atoms with Crippen LogP contribution in [0.1, 0.15) is 58.6 Å². The molecule has 0 radical (unpaired) electrons. The van der Waals surface area contributed by atoms with E-state index in [0.717, 1.165) is 62.9 Å². The number of fused-ring (bicyclic) bond motifs is 1. The highest BCUT2D eigenvalue weighted by molar-refractivity contribution is 14.0. The van der Waals surface area contributed by atoms with Crippen molar-refractivity contribution in [3.63, 3.8) is 0 Å². The van der Waals surface area contributed by atoms with E-state index in [1.165, 1.54) is 0 Å². The Balaban J connectivity index is 0.00000385. The number of nitrogens with zero attached hydrogens (tertiary/aromatic N) is 5. The number of amides is 1. The van der Waals surface area contributed by atoms with E-state index in [4.69, 9.17) is 14.5 Å². The van der Waals surface area contributed by atoms with Gasteiger partial charge in [0.2, 0.25) is 0 Å². The van der Waals surface area contributed by atoms with Crippen LogP contribution in [-0.2, 0) is 29.0 Å². The molecule has 3 rings (SSSR count). The number of carbonyl (C=O) groups excluding carboxylic acids is 1. The molecule has 2 N–H and O–H groups in total. The van der Waals surface area contributed by atoms with Crippen LogP contribution in [-0.4, -0.2) is 76.6 Å². The molecule has 188 valence electrons. The predicted octanol–water partition coefficient (Wildman–Crippen LogP) is 2.56. The maximum Gasteiger partial charge on any atom is 0.410 e. The summed E-state index contributed by atoms with van der Waals surface area (Å²) < 4.78 is 12.7. The van der Waals surface area contributed by atoms with E-state index in [9.17, 15) is 4.79 Å². The number of nitrogens with one attached hydrogen (secondary N) is 2. The SMILES string of the molecule is CCNC(=NCC1CCCN(C(=O)OC(C)(C)C)C1)NC1CCc2nc(COC)nn2C1.I. The van der Waals surface area contributed by atoms with Gasteiger partial charge in [0.15, 0.2) is 11.8 Å². The summed E-state index contributed by atoms with van der Waals surface area (Å²) in [7, 11) is 1.66. The molecule has 3 heterocycles. The summed E-state index contributed by atoms with van der Waals surface area (Å²) in [4.78, 5) is 23.6. The average Bonchev–Trinajstić information content (AvgIpc) is 3.13. The highest BCUT2D eigenvalue weighted by Gasteiger charge is 2.28. The molecule has 0 bridgehead atoms. The van der Waals surface area contributed by atoms with Crippen molar-refractivity contribution in [1.29, 1.82) is 0 Å². The third-order valence-electron chi connectivity index (χ3n) is 5.54. The summed E-state index contributed by atoms with van der Waals surface area (Å²) in [6.07, 6.45) is 3.67. The van der Waals surface area contributed by atoms with Gasteiger partial charge in [-0.25, -0.2) is 14.5 Å². The molecule has 2 aliphatic heterocycles. The molecule has 10 nitrogen and oxygen atoms in total. The molecule has 0 saturated carbocycles. The maximum absolute atomic E-state index is 12.4. The standard InChI is InChI=1S/C22H39N7O3.HI/c1-6-23-20(25-17-9-10-19-26-18(15-31-5)27-29(19)14-17)24-12-16-8-7-11-28(13-16)21(30)32-22(2,3)4;/h16-17H,6-15H2,1-5H3,(H2,23,24,25);1H. The maximum atomic E-state index is 12.4. The number of hydrogen-bond donors (Lipinski definition) is 2. The largest absolute Gasteiger partial charge is 0.444 e. The third kappa shape index (κ3) is 8.58. The number of hydrogen-bond acceptors (Lipinski definition) is 6. The van der Waals surface area contributed by atoms with E-state index >= 15 is 0 Å². The van der Waals surface area contributed by atoms with Gasteiger partial charge < -0.3 is 25.0 Å². The first-order valence-corrected chi connectivity index (χ1v) is 11.7. The highest BCUT2D eigenvalue weighted by Crippen LogP contribution is 2.20. The average molecular weight is 578 g/mol. The number of guanidine groups is 1. The smallest absolute Gasteiger partial charge is 0.410 e. The van der Waals surface area contributed by atoms with Gasteiger partial charge in [0.05, 0.1) is 6.54 Å². The monoisotopic (exact) mass is 577 g/mol. The molecule has 2 atom stereocenters. The zero-order chi connectivity index (χ0) is 23.1. The molecule has 0 aromatic carbocycles. The van der Waals surface area contributed by atoms with E-state index in [1.807, 2.05) is 30.4 Å². The number of aromatic nitrogens is 3. The van der Waals surface area contributed by atoms with Crippen molar-refractivity contribution < 1.29 is 14.3 Å². The zero-order valence-corrected chi connectivity index (χ0v) is 22.9. The van der Waals surface area contributed by atoms with Gasteiger partial charge in [-0.3, -0.25) is 4.99 Å². The molecule has 0 aliphatic carbocycles. The summed E-state index contributed by atoms with van der Waals surface area (Å²) in [5.74, 6) is 2.89. The molecule has 1 fully saturated rings. The number of carbonyl (C=O) groups is 1. The van der Waals surface area contributed by atoms with Crippen molar-refractivity contribution in [2.75, 3.05) is 33.3 Å². The second kappa shape index (κ2) is 12.7. The Hall–Kier alpha value is -1.63. The van der Waals surface area contributed by atoms with Crippen LogP contribution in [0.2, 0.25) is 0 Å². The number of ether oxygens (including phenoxy) is 2. The molecule has 1 aromatic rings. The number of likely N-dealkylation sites (tertiary alicyclic amines) is 1. The number of aryl methyl sites for hydroxylation is 1. The fourth-order valence-electron chi connectivity index (χ4n) is 4.11. The number of piperidine rings is 1. The summed E-state index contributed by atoms with van der Waals surface area (Å²) >= 11 is 0. The Morgan fingerprint density at radius 3 is 2.76 bits per heavy atom. The van der Waals surface area contributed by atoms with Crippen molar-refractivity contribution in [2.45, 2.75) is 78.2 Å². The molecule has 2 unspecified atom stereocenters. The van der Waals surface area contributed by atoms with Crippen LogP contribution in [0.25, 0.3) is 0 Å². The van der Waals surface area contributed by atoms with Crippen molar-refractivity contribution in [3.8, 4) is 0 Å². The molecule has 2 aliphatic rings. The Morgan fingerprint density at radius 2 is 2.06 bits per heavy atom. The van der Waals surface area contributed by atoms with Gasteiger partial charge in [-0.05, 0) is 52.9 Å². The molecular formula is C22H40IN7O3. The van der Waals surface area contributed by atoms with Crippen LogP contribution < -0.4 is 10.6 Å². The van der Waals surface area contributed by atoms with Crippen molar-refractivity contribution in [3.05, 3.63) is 11.6 Å². The van der Waals surface area contributed by atoms with E-state index in [0.29, 0.717) is 25.6 Å². The van der Waals surface area contributed by atoms with E-state index < -0.39 is 5.60 Å². The minimum Gasteiger partial charge on any atom is -0.444 e. The third-order valence-corrected chi connectivity index (χ3v) is 5.54. The van der Waals surface area contributed by atoms with Gasteiger partial charge in [-0.15, -0.1) is 24.0 Å². The lowest BCUT2D eigenvalue weighted by molar-refractivity contribution is 0.0170. The van der Waals surface area contributed by atoms with Crippen LogP contribution >= 0.6 is 24.0 Å². The lowest BCUT2D eigenvalue weighted by Crippen LogP contribution is -2.47. The van der Waals surface area contributed by atoms with E-state index in [-0.39, 0.29) is 36.1 Å². The molecule has 1 amide bonds. The summed E-state index contributed by atoms with van der Waals surface area (Å²) in [5.41, 5.74) is -0.474. The molecular weight excluding hydrogens is 537 g/mol. The van der Waals surface area contributed by atoms with Gasteiger partial charge in [0.25, 0.3) is 0 Å². The highest BCUT2D eigenvalue weighted by atomic mass is 127. The fraction of sp³-hybridized carbons (Fsp3) is 0.818. The predicted molar refractivity (Wildman–Crippen MR) is 138 cm³/mol. The molecule has 33 heavy (non-hydrogen) atoms. The topological polar surface area (TPSA) is 106 Å². The van der Waals surface area contributed by atoms with Crippen molar-refractivity contribution in [1.82, 2.24) is 30.3 Å². The Bertz CT molecular complexity index is 793. The number of halogens is 1. The number of aliphatic imine (C=N–C) groups is 1. The van der Waals surface area contributed by atoms with Crippen LogP contribution in [0.15, 0.2) is 4.99 Å². The fourth-order valence-corrected chi connectivity index (χ4v) is 4.11. The van der Waals surface area contributed by atoms with Gasteiger partial charge in [-0.2, -0.15) is 5.10 Å². The Labute approximate surface area is 214 Å². The van der Waals surface area contributed by atoms with E-state index in [2.05, 4.69) is 27.6 Å². The minimum absolute atomic E-state index is 0. The van der Waals surface area contributed by atoms with Crippen LogP contribution in [0.5, 0.6) is 0 Å². The second-order valence-corrected chi connectivity index (χ2v) is 9.59. The second-order valence-electron chi connectivity index (χ2n) is 9.59. The quantitative estimate of drug-likeness (QED) is 0.304. The van der Waals surface area contributed by atoms with Crippen molar-refractivity contribution >= 4 is 36.0 Å². The molecule has 1 saturated heterocycles.